The number of sulfonamides is 1. The molecule has 0 unspecified atom stereocenters. The molecule has 142 valence electrons. The van der Waals surface area contributed by atoms with Gasteiger partial charge < -0.3 is 9.47 Å². The zero-order valence-corrected chi connectivity index (χ0v) is 17.4. The Labute approximate surface area is 156 Å². The Hall–Kier alpha value is -0.920. The molecule has 1 aromatic carbocycles. The van der Waals surface area contributed by atoms with Crippen molar-refractivity contribution in [3.63, 3.8) is 0 Å². The first-order valence-electron chi connectivity index (χ1n) is 8.57. The second kappa shape index (κ2) is 8.18. The summed E-state index contributed by atoms with van der Waals surface area (Å²) in [6, 6.07) is 4.83. The number of benzene rings is 1. The molecule has 2 rings (SSSR count). The van der Waals surface area contributed by atoms with Crippen molar-refractivity contribution in [3.8, 4) is 11.5 Å². The van der Waals surface area contributed by atoms with Crippen LogP contribution in [0.3, 0.4) is 0 Å². The maximum Gasteiger partial charge on any atom is 0.243 e. The van der Waals surface area contributed by atoms with Gasteiger partial charge in [-0.05, 0) is 25.0 Å². The van der Waals surface area contributed by atoms with Gasteiger partial charge in [-0.1, -0.05) is 27.2 Å². The summed E-state index contributed by atoms with van der Waals surface area (Å²) in [5.41, 5.74) is 0. The van der Waals surface area contributed by atoms with Crippen molar-refractivity contribution in [2.45, 2.75) is 55.7 Å². The van der Waals surface area contributed by atoms with Gasteiger partial charge in [0.2, 0.25) is 10.0 Å². The average Bonchev–Trinajstić information content (AvgIpc) is 2.58. The molecule has 0 radical (unpaired) electrons. The molecule has 1 heterocycles. The molecule has 1 aliphatic heterocycles. The Morgan fingerprint density at radius 3 is 2.44 bits per heavy atom. The lowest BCUT2D eigenvalue weighted by molar-refractivity contribution is 0.272. The molecule has 0 saturated carbocycles. The van der Waals surface area contributed by atoms with Crippen LogP contribution in [0.25, 0.3) is 0 Å². The summed E-state index contributed by atoms with van der Waals surface area (Å²) in [5, 5.41) is 0. The third-order valence-corrected chi connectivity index (χ3v) is 7.61. The van der Waals surface area contributed by atoms with Crippen LogP contribution in [0.5, 0.6) is 11.5 Å². The Morgan fingerprint density at radius 2 is 1.84 bits per heavy atom. The standard InChI is InChI=1S/C18H29NO4S2/c1-18(2,3)24-13-14-8-6-7-11-19(14)25(20,21)15-9-10-16(22-4)17(12-15)23-5/h9-10,12,14H,6-8,11,13H2,1-5H3/t14-/m1/s1. The van der Waals surface area contributed by atoms with Gasteiger partial charge in [0.05, 0.1) is 19.1 Å². The minimum absolute atomic E-state index is 0.0380. The van der Waals surface area contributed by atoms with Gasteiger partial charge in [0.1, 0.15) is 0 Å². The fraction of sp³-hybridized carbons (Fsp3) is 0.667. The number of hydrogen-bond acceptors (Lipinski definition) is 5. The van der Waals surface area contributed by atoms with Crippen LogP contribution in [0.2, 0.25) is 0 Å². The number of hydrogen-bond donors (Lipinski definition) is 0. The van der Waals surface area contributed by atoms with Gasteiger partial charge in [0.15, 0.2) is 11.5 Å². The summed E-state index contributed by atoms with van der Waals surface area (Å²) in [4.78, 5) is 0.262. The quantitative estimate of drug-likeness (QED) is 0.743. The summed E-state index contributed by atoms with van der Waals surface area (Å²) in [5.74, 6) is 1.77. The minimum Gasteiger partial charge on any atom is -0.493 e. The molecule has 0 aromatic heterocycles. The summed E-state index contributed by atoms with van der Waals surface area (Å²) in [6.45, 7) is 7.06. The summed E-state index contributed by atoms with van der Waals surface area (Å²) in [6.07, 6.45) is 2.89. The molecule has 1 saturated heterocycles. The largest absolute Gasteiger partial charge is 0.493 e. The average molecular weight is 388 g/mol. The second-order valence-electron chi connectivity index (χ2n) is 7.21. The molecule has 25 heavy (non-hydrogen) atoms. The third-order valence-electron chi connectivity index (χ3n) is 4.24. The van der Waals surface area contributed by atoms with E-state index in [0.717, 1.165) is 25.0 Å². The Kier molecular flexibility index (Phi) is 6.68. The van der Waals surface area contributed by atoms with Crippen LogP contribution in [0.15, 0.2) is 23.1 Å². The van der Waals surface area contributed by atoms with E-state index < -0.39 is 10.0 Å². The van der Waals surface area contributed by atoms with Gasteiger partial charge in [-0.25, -0.2) is 8.42 Å². The molecule has 0 aliphatic carbocycles. The summed E-state index contributed by atoms with van der Waals surface area (Å²) in [7, 11) is -0.502. The van der Waals surface area contributed by atoms with Gasteiger partial charge in [0, 0.05) is 29.2 Å². The van der Waals surface area contributed by atoms with Crippen molar-refractivity contribution < 1.29 is 17.9 Å². The monoisotopic (exact) mass is 387 g/mol. The van der Waals surface area contributed by atoms with E-state index >= 15 is 0 Å². The number of methoxy groups -OCH3 is 2. The normalized spacial score (nSPS) is 19.6. The van der Waals surface area contributed by atoms with E-state index in [0.29, 0.717) is 18.0 Å². The zero-order valence-electron chi connectivity index (χ0n) is 15.7. The van der Waals surface area contributed by atoms with E-state index in [1.165, 1.54) is 14.2 Å². The summed E-state index contributed by atoms with van der Waals surface area (Å²) < 4.78 is 38.7. The Morgan fingerprint density at radius 1 is 1.16 bits per heavy atom. The first-order valence-corrected chi connectivity index (χ1v) is 11.0. The van der Waals surface area contributed by atoms with Crippen LogP contribution in [0, 0.1) is 0 Å². The lowest BCUT2D eigenvalue weighted by atomic mass is 10.1. The lowest BCUT2D eigenvalue weighted by Crippen LogP contribution is -2.45. The van der Waals surface area contributed by atoms with Gasteiger partial charge in [0.25, 0.3) is 0 Å². The van der Waals surface area contributed by atoms with Crippen LogP contribution in [-0.2, 0) is 10.0 Å². The molecule has 7 heteroatoms. The molecule has 0 spiro atoms. The van der Waals surface area contributed by atoms with Crippen LogP contribution in [-0.4, -0.2) is 50.0 Å². The molecular formula is C18H29NO4S2. The number of nitrogens with zero attached hydrogens (tertiary/aromatic N) is 1. The first-order chi connectivity index (χ1) is 11.7. The van der Waals surface area contributed by atoms with Gasteiger partial charge >= 0.3 is 0 Å². The van der Waals surface area contributed by atoms with Crippen LogP contribution in [0.1, 0.15) is 40.0 Å². The highest BCUT2D eigenvalue weighted by atomic mass is 32.2. The predicted molar refractivity (Wildman–Crippen MR) is 103 cm³/mol. The SMILES string of the molecule is COc1ccc(S(=O)(=O)N2CCCC[C@@H]2CSC(C)(C)C)cc1OC. The highest BCUT2D eigenvalue weighted by Crippen LogP contribution is 2.34. The van der Waals surface area contributed by atoms with Crippen molar-refractivity contribution in [2.24, 2.45) is 0 Å². The van der Waals surface area contributed by atoms with Crippen LogP contribution in [0.4, 0.5) is 0 Å². The fourth-order valence-electron chi connectivity index (χ4n) is 2.92. The van der Waals surface area contributed by atoms with E-state index in [4.69, 9.17) is 9.47 Å². The molecule has 1 aliphatic rings. The van der Waals surface area contributed by atoms with Crippen molar-refractivity contribution in [1.29, 1.82) is 0 Å². The van der Waals surface area contributed by atoms with Gasteiger partial charge in [-0.2, -0.15) is 16.1 Å². The molecular weight excluding hydrogens is 358 g/mol. The number of piperidine rings is 1. The number of thioether (sulfide) groups is 1. The van der Waals surface area contributed by atoms with Crippen molar-refractivity contribution >= 4 is 21.8 Å². The summed E-state index contributed by atoms with van der Waals surface area (Å²) >= 11 is 1.82. The smallest absolute Gasteiger partial charge is 0.243 e. The number of rotatable bonds is 6. The van der Waals surface area contributed by atoms with Crippen molar-refractivity contribution in [3.05, 3.63) is 18.2 Å². The minimum atomic E-state index is -3.55. The number of ether oxygens (including phenoxy) is 2. The van der Waals surface area contributed by atoms with Crippen LogP contribution >= 0.6 is 11.8 Å². The van der Waals surface area contributed by atoms with Crippen LogP contribution < -0.4 is 9.47 Å². The van der Waals surface area contributed by atoms with Crippen molar-refractivity contribution in [2.75, 3.05) is 26.5 Å². The second-order valence-corrected chi connectivity index (χ2v) is 10.9. The topological polar surface area (TPSA) is 55.8 Å². The fourth-order valence-corrected chi connectivity index (χ4v) is 5.76. The molecule has 1 aromatic rings. The van der Waals surface area contributed by atoms with E-state index in [-0.39, 0.29) is 15.7 Å². The van der Waals surface area contributed by atoms with Gasteiger partial charge in [-0.15, -0.1) is 0 Å². The molecule has 0 bridgehead atoms. The van der Waals surface area contributed by atoms with E-state index in [1.54, 1.807) is 22.5 Å². The zero-order chi connectivity index (χ0) is 18.7. The highest BCUT2D eigenvalue weighted by Gasteiger charge is 2.34. The lowest BCUT2D eigenvalue weighted by Gasteiger charge is -2.36. The van der Waals surface area contributed by atoms with E-state index in [9.17, 15) is 8.42 Å². The molecule has 0 amide bonds. The highest BCUT2D eigenvalue weighted by molar-refractivity contribution is 8.00. The Bertz CT molecular complexity index is 683. The van der Waals surface area contributed by atoms with E-state index in [2.05, 4.69) is 20.8 Å². The molecule has 0 N–H and O–H groups in total. The molecule has 1 atom stereocenters. The Balaban J connectivity index is 2.29. The maximum absolute atomic E-state index is 13.2. The first kappa shape index (κ1) is 20.4. The maximum atomic E-state index is 13.2. The van der Waals surface area contributed by atoms with Crippen molar-refractivity contribution in [1.82, 2.24) is 4.31 Å². The molecule has 5 nitrogen and oxygen atoms in total. The van der Waals surface area contributed by atoms with E-state index in [1.807, 2.05) is 11.8 Å². The predicted octanol–water partition coefficient (Wildman–Crippen LogP) is 3.78. The third kappa shape index (κ3) is 5.05. The molecule has 1 fully saturated rings. The van der Waals surface area contributed by atoms with Gasteiger partial charge in [-0.3, -0.25) is 0 Å².